The Hall–Kier alpha value is -0.0300. The third-order valence-electron chi connectivity index (χ3n) is 1.19. The number of alkyl halides is 1. The van der Waals surface area contributed by atoms with Gasteiger partial charge in [0.25, 0.3) is 0 Å². The molecule has 1 aromatic heterocycles. The topological polar surface area (TPSA) is 22.1 Å². The predicted octanol–water partition coefficient (Wildman–Crippen LogP) is 2.81. The fourth-order valence-electron chi connectivity index (χ4n) is 0.731. The molecule has 0 atom stereocenters. The van der Waals surface area contributed by atoms with Crippen LogP contribution in [0.2, 0.25) is 5.02 Å². The average molecular weight is 283 g/mol. The van der Waals surface area contributed by atoms with Gasteiger partial charge in [0.2, 0.25) is 5.88 Å². The molecule has 0 fully saturated rings. The lowest BCUT2D eigenvalue weighted by molar-refractivity contribution is 0.385. The molecule has 60 valence electrons. The van der Waals surface area contributed by atoms with Crippen LogP contribution in [-0.4, -0.2) is 9.60 Å². The van der Waals surface area contributed by atoms with Gasteiger partial charge in [0, 0.05) is 11.8 Å². The zero-order valence-corrected chi connectivity index (χ0v) is 8.89. The van der Waals surface area contributed by atoms with E-state index in [2.05, 4.69) is 27.6 Å². The lowest BCUT2D eigenvalue weighted by atomic mass is 10.3. The van der Waals surface area contributed by atoms with Gasteiger partial charge in [-0.15, -0.1) is 0 Å². The smallest absolute Gasteiger partial charge is 0.217 e. The van der Waals surface area contributed by atoms with Gasteiger partial charge in [0.1, 0.15) is 4.61 Å². The lowest BCUT2D eigenvalue weighted by Crippen LogP contribution is -1.93. The minimum Gasteiger partial charge on any atom is -0.467 e. The van der Waals surface area contributed by atoms with Crippen molar-refractivity contribution in [2.45, 2.75) is 6.92 Å². The molecule has 0 aromatic carbocycles. The second-order valence-corrected chi connectivity index (χ2v) is 3.09. The molecule has 4 heteroatoms. The fraction of sp³-hybridized carbons (Fsp3) is 0.286. The quantitative estimate of drug-likeness (QED) is 0.615. The predicted molar refractivity (Wildman–Crippen MR) is 53.5 cm³/mol. The summed E-state index contributed by atoms with van der Waals surface area (Å²) in [5.41, 5.74) is 0.967. The number of rotatable bonds is 2. The number of aromatic nitrogens is 1. The Morgan fingerprint density at radius 2 is 2.45 bits per heavy atom. The molecule has 0 bridgehead atoms. The Morgan fingerprint density at radius 3 is 3.00 bits per heavy atom. The summed E-state index contributed by atoms with van der Waals surface area (Å²) in [5, 5.41) is 0.642. The first-order valence-electron chi connectivity index (χ1n) is 3.05. The molecular weight excluding hydrogens is 276 g/mol. The van der Waals surface area contributed by atoms with E-state index in [0.717, 1.165) is 5.56 Å². The Kier molecular flexibility index (Phi) is 3.39. The Balaban J connectivity index is 2.90. The summed E-state index contributed by atoms with van der Waals surface area (Å²) in [4.78, 5) is 4.01. The molecule has 0 unspecified atom stereocenters. The van der Waals surface area contributed by atoms with Crippen molar-refractivity contribution in [3.8, 4) is 5.88 Å². The molecule has 0 amide bonds. The van der Waals surface area contributed by atoms with Gasteiger partial charge < -0.3 is 4.74 Å². The third kappa shape index (κ3) is 2.48. The van der Waals surface area contributed by atoms with Crippen LogP contribution in [0.15, 0.2) is 12.3 Å². The van der Waals surface area contributed by atoms with Crippen LogP contribution in [0.5, 0.6) is 5.88 Å². The van der Waals surface area contributed by atoms with Crippen LogP contribution in [0.4, 0.5) is 0 Å². The number of ether oxygens (including phenoxy) is 1. The largest absolute Gasteiger partial charge is 0.467 e. The van der Waals surface area contributed by atoms with Gasteiger partial charge >= 0.3 is 0 Å². The molecular formula is C7H7ClINO. The van der Waals surface area contributed by atoms with E-state index in [1.165, 1.54) is 0 Å². The van der Waals surface area contributed by atoms with Crippen molar-refractivity contribution in [1.82, 2.24) is 4.98 Å². The molecule has 0 aliphatic carbocycles. The normalized spacial score (nSPS) is 9.73. The maximum Gasteiger partial charge on any atom is 0.217 e. The Morgan fingerprint density at radius 1 is 1.73 bits per heavy atom. The number of hydrogen-bond acceptors (Lipinski definition) is 2. The van der Waals surface area contributed by atoms with Crippen molar-refractivity contribution < 1.29 is 4.74 Å². The Labute approximate surface area is 84.1 Å². The van der Waals surface area contributed by atoms with Crippen LogP contribution < -0.4 is 4.74 Å². The summed E-state index contributed by atoms with van der Waals surface area (Å²) in [6, 6.07) is 1.83. The van der Waals surface area contributed by atoms with E-state index >= 15 is 0 Å². The summed E-state index contributed by atoms with van der Waals surface area (Å²) in [5.74, 6) is 0.656. The number of nitrogens with zero attached hydrogens (tertiary/aromatic N) is 1. The summed E-state index contributed by atoms with van der Waals surface area (Å²) in [6.45, 7) is 1.92. The van der Waals surface area contributed by atoms with Crippen LogP contribution in [0.25, 0.3) is 0 Å². The highest BCUT2D eigenvalue weighted by Crippen LogP contribution is 2.18. The summed E-state index contributed by atoms with van der Waals surface area (Å²) in [7, 11) is 0. The van der Waals surface area contributed by atoms with E-state index in [1.54, 1.807) is 6.20 Å². The van der Waals surface area contributed by atoms with Gasteiger partial charge in [0.15, 0.2) is 0 Å². The highest BCUT2D eigenvalue weighted by Gasteiger charge is 1.99. The van der Waals surface area contributed by atoms with E-state index in [-0.39, 0.29) is 0 Å². The fourth-order valence-corrected chi connectivity index (χ4v) is 1.24. The van der Waals surface area contributed by atoms with E-state index < -0.39 is 0 Å². The minimum atomic E-state index is 0.604. The standard InChI is InChI=1S/C7H7ClINO/c1-5-2-6(8)3-10-7(5)11-4-9/h2-3H,4H2,1H3. The zero-order chi connectivity index (χ0) is 8.27. The monoisotopic (exact) mass is 283 g/mol. The van der Waals surface area contributed by atoms with E-state index in [4.69, 9.17) is 16.3 Å². The first kappa shape index (κ1) is 9.06. The molecule has 0 saturated heterocycles. The molecule has 1 heterocycles. The van der Waals surface area contributed by atoms with Crippen molar-refractivity contribution in [2.24, 2.45) is 0 Å². The van der Waals surface area contributed by atoms with Gasteiger partial charge in [-0.1, -0.05) is 11.6 Å². The van der Waals surface area contributed by atoms with Gasteiger partial charge in [0.05, 0.1) is 5.02 Å². The van der Waals surface area contributed by atoms with Gasteiger partial charge in [-0.2, -0.15) is 0 Å². The summed E-state index contributed by atoms with van der Waals surface area (Å²) in [6.07, 6.45) is 1.58. The summed E-state index contributed by atoms with van der Waals surface area (Å²) >= 11 is 7.82. The molecule has 1 aromatic rings. The number of hydrogen-bond donors (Lipinski definition) is 0. The number of halogens is 2. The molecule has 0 saturated carbocycles. The van der Waals surface area contributed by atoms with Crippen molar-refractivity contribution in [3.63, 3.8) is 0 Å². The van der Waals surface area contributed by atoms with Gasteiger partial charge in [-0.05, 0) is 35.6 Å². The third-order valence-corrected chi connectivity index (χ3v) is 1.71. The van der Waals surface area contributed by atoms with Crippen LogP contribution in [0.1, 0.15) is 5.56 Å². The maximum atomic E-state index is 5.70. The molecule has 0 spiro atoms. The van der Waals surface area contributed by atoms with Crippen molar-refractivity contribution >= 4 is 34.2 Å². The Bertz CT molecular complexity index is 254. The highest BCUT2D eigenvalue weighted by molar-refractivity contribution is 14.1. The number of aryl methyl sites for hydroxylation is 1. The van der Waals surface area contributed by atoms with Crippen molar-refractivity contribution in [1.29, 1.82) is 0 Å². The molecule has 2 nitrogen and oxygen atoms in total. The molecule has 0 aliphatic rings. The SMILES string of the molecule is Cc1cc(Cl)cnc1OCI. The lowest BCUT2D eigenvalue weighted by Gasteiger charge is -2.03. The second-order valence-electron chi connectivity index (χ2n) is 2.03. The highest BCUT2D eigenvalue weighted by atomic mass is 127. The van der Waals surface area contributed by atoms with Gasteiger partial charge in [-0.25, -0.2) is 4.98 Å². The van der Waals surface area contributed by atoms with E-state index in [9.17, 15) is 0 Å². The van der Waals surface area contributed by atoms with Crippen LogP contribution in [-0.2, 0) is 0 Å². The zero-order valence-electron chi connectivity index (χ0n) is 5.97. The van der Waals surface area contributed by atoms with Crippen LogP contribution in [0, 0.1) is 6.92 Å². The van der Waals surface area contributed by atoms with Crippen LogP contribution >= 0.6 is 34.2 Å². The van der Waals surface area contributed by atoms with Crippen LogP contribution in [0.3, 0.4) is 0 Å². The number of pyridine rings is 1. The van der Waals surface area contributed by atoms with Crippen molar-refractivity contribution in [3.05, 3.63) is 22.8 Å². The second kappa shape index (κ2) is 4.11. The molecule has 0 aliphatic heterocycles. The van der Waals surface area contributed by atoms with Crippen molar-refractivity contribution in [2.75, 3.05) is 4.61 Å². The summed E-state index contributed by atoms with van der Waals surface area (Å²) < 4.78 is 5.81. The van der Waals surface area contributed by atoms with E-state index in [0.29, 0.717) is 15.5 Å². The average Bonchev–Trinajstić information content (AvgIpc) is 1.95. The molecule has 11 heavy (non-hydrogen) atoms. The minimum absolute atomic E-state index is 0.604. The first-order chi connectivity index (χ1) is 5.24. The molecule has 0 N–H and O–H groups in total. The van der Waals surface area contributed by atoms with Gasteiger partial charge in [-0.3, -0.25) is 0 Å². The molecule has 0 radical (unpaired) electrons. The molecule has 1 rings (SSSR count). The first-order valence-corrected chi connectivity index (χ1v) is 4.95. The van der Waals surface area contributed by atoms with E-state index in [1.807, 2.05) is 13.0 Å². The maximum absolute atomic E-state index is 5.70.